The van der Waals surface area contributed by atoms with Crippen molar-refractivity contribution >= 4 is 11.9 Å². The number of carbonyl (C=O) groups excluding carboxylic acids is 1. The molecule has 2 heterocycles. The number of aromatic nitrogens is 2. The van der Waals surface area contributed by atoms with Crippen LogP contribution in [0, 0.1) is 0 Å². The topological polar surface area (TPSA) is 70.2 Å². The van der Waals surface area contributed by atoms with E-state index in [9.17, 15) is 18.0 Å². The maximum Gasteiger partial charge on any atom is 0.433 e. The summed E-state index contributed by atoms with van der Waals surface area (Å²) in [5, 5.41) is 6.06. The second-order valence-electron chi connectivity index (χ2n) is 7.24. The molecule has 6 nitrogen and oxygen atoms in total. The van der Waals surface area contributed by atoms with Crippen LogP contribution in [0.2, 0.25) is 0 Å². The van der Waals surface area contributed by atoms with E-state index in [0.29, 0.717) is 31.6 Å². The Morgan fingerprint density at radius 2 is 1.96 bits per heavy atom. The summed E-state index contributed by atoms with van der Waals surface area (Å²) in [6.07, 6.45) is -0.0133. The lowest BCUT2D eigenvalue weighted by Gasteiger charge is -2.34. The van der Waals surface area contributed by atoms with Crippen LogP contribution in [0.15, 0.2) is 0 Å². The highest BCUT2D eigenvalue weighted by atomic mass is 19.4. The van der Waals surface area contributed by atoms with E-state index in [1.54, 1.807) is 4.90 Å². The van der Waals surface area contributed by atoms with Crippen LogP contribution in [0.1, 0.15) is 42.6 Å². The number of nitrogens with one attached hydrogen (secondary N) is 2. The van der Waals surface area contributed by atoms with Crippen molar-refractivity contribution in [1.82, 2.24) is 20.6 Å². The number of hydrogen-bond acceptors (Lipinski definition) is 5. The fraction of sp³-hybridized carbons (Fsp3) is 0.706. The molecule has 9 heteroatoms. The van der Waals surface area contributed by atoms with Crippen molar-refractivity contribution in [2.75, 3.05) is 24.5 Å². The third-order valence-electron chi connectivity index (χ3n) is 5.14. The Bertz CT molecular complexity index is 704. The summed E-state index contributed by atoms with van der Waals surface area (Å²) in [6.45, 7) is 1.25. The number of halogens is 3. The molecule has 2 fully saturated rings. The van der Waals surface area contributed by atoms with Gasteiger partial charge in [-0.25, -0.2) is 9.97 Å². The molecule has 2 N–H and O–H groups in total. The zero-order valence-corrected chi connectivity index (χ0v) is 14.4. The smallest absolute Gasteiger partial charge is 0.352 e. The van der Waals surface area contributed by atoms with Crippen LogP contribution in [0.4, 0.5) is 19.1 Å². The Morgan fingerprint density at radius 3 is 2.69 bits per heavy atom. The van der Waals surface area contributed by atoms with Crippen molar-refractivity contribution in [3.05, 3.63) is 17.0 Å². The van der Waals surface area contributed by atoms with Gasteiger partial charge in [0.15, 0.2) is 5.69 Å². The first-order valence-corrected chi connectivity index (χ1v) is 9.17. The molecule has 2 aliphatic carbocycles. The summed E-state index contributed by atoms with van der Waals surface area (Å²) in [7, 11) is 0. The van der Waals surface area contributed by atoms with Crippen LogP contribution in [-0.2, 0) is 23.8 Å². The average molecular weight is 369 g/mol. The number of anilines is 1. The number of fused-ring (bicyclic) bond motifs is 1. The number of piperazine rings is 1. The van der Waals surface area contributed by atoms with Gasteiger partial charge in [0.2, 0.25) is 11.9 Å². The Morgan fingerprint density at radius 1 is 1.19 bits per heavy atom. The van der Waals surface area contributed by atoms with Crippen molar-refractivity contribution in [2.45, 2.75) is 56.8 Å². The normalized spacial score (nSPS) is 23.5. The molecule has 3 aliphatic rings. The number of amides is 1. The summed E-state index contributed by atoms with van der Waals surface area (Å²) in [5.41, 5.74) is -0.0635. The van der Waals surface area contributed by atoms with Crippen LogP contribution >= 0.6 is 0 Å². The molecule has 1 atom stereocenters. The maximum atomic E-state index is 13.5. The SMILES string of the molecule is O=C(NC1CC1)[C@H]1CN(c2nc3c(c(C(F)(F)F)n2)CCCC3)CCN1. The lowest BCUT2D eigenvalue weighted by molar-refractivity contribution is -0.142. The van der Waals surface area contributed by atoms with Gasteiger partial charge < -0.3 is 15.5 Å². The van der Waals surface area contributed by atoms with Gasteiger partial charge >= 0.3 is 6.18 Å². The minimum absolute atomic E-state index is 0.0868. The van der Waals surface area contributed by atoms with Crippen LogP contribution in [0.25, 0.3) is 0 Å². The van der Waals surface area contributed by atoms with Gasteiger partial charge in [-0.05, 0) is 38.5 Å². The van der Waals surface area contributed by atoms with E-state index in [1.807, 2.05) is 0 Å². The summed E-state index contributed by atoms with van der Waals surface area (Å²) in [4.78, 5) is 22.3. The Balaban J connectivity index is 1.59. The highest BCUT2D eigenvalue weighted by Gasteiger charge is 2.39. The number of alkyl halides is 3. The second kappa shape index (κ2) is 6.68. The summed E-state index contributed by atoms with van der Waals surface area (Å²) >= 11 is 0. The molecular weight excluding hydrogens is 347 g/mol. The Hall–Kier alpha value is -1.90. The van der Waals surface area contributed by atoms with E-state index in [0.717, 1.165) is 25.7 Å². The fourth-order valence-electron chi connectivity index (χ4n) is 3.59. The van der Waals surface area contributed by atoms with Crippen LogP contribution in [-0.4, -0.2) is 47.6 Å². The molecule has 1 aromatic heterocycles. The summed E-state index contributed by atoms with van der Waals surface area (Å²) < 4.78 is 40.5. The van der Waals surface area contributed by atoms with Gasteiger partial charge in [-0.15, -0.1) is 0 Å². The first-order chi connectivity index (χ1) is 12.4. The van der Waals surface area contributed by atoms with Gasteiger partial charge in [0, 0.05) is 36.9 Å². The molecule has 1 amide bonds. The summed E-state index contributed by atoms with van der Waals surface area (Å²) in [5.74, 6) is -0.0186. The first kappa shape index (κ1) is 17.5. The number of hydrogen-bond donors (Lipinski definition) is 2. The van der Waals surface area contributed by atoms with Crippen molar-refractivity contribution < 1.29 is 18.0 Å². The zero-order valence-electron chi connectivity index (χ0n) is 14.4. The summed E-state index contributed by atoms with van der Waals surface area (Å²) in [6, 6.07) is -0.213. The first-order valence-electron chi connectivity index (χ1n) is 9.17. The lowest BCUT2D eigenvalue weighted by atomic mass is 9.94. The van der Waals surface area contributed by atoms with Gasteiger partial charge in [-0.2, -0.15) is 13.2 Å². The van der Waals surface area contributed by atoms with Gasteiger partial charge in [-0.1, -0.05) is 0 Å². The van der Waals surface area contributed by atoms with Crippen molar-refractivity contribution in [1.29, 1.82) is 0 Å². The largest absolute Gasteiger partial charge is 0.433 e. The van der Waals surface area contributed by atoms with E-state index >= 15 is 0 Å². The average Bonchev–Trinajstić information content (AvgIpc) is 3.44. The van der Waals surface area contributed by atoms with Crippen molar-refractivity contribution in [3.63, 3.8) is 0 Å². The third kappa shape index (κ3) is 3.62. The highest BCUT2D eigenvalue weighted by molar-refractivity contribution is 5.83. The van der Waals surface area contributed by atoms with Crippen LogP contribution < -0.4 is 15.5 Å². The molecule has 0 spiro atoms. The van der Waals surface area contributed by atoms with Crippen LogP contribution in [0.5, 0.6) is 0 Å². The number of aryl methyl sites for hydroxylation is 1. The standard InChI is InChI=1S/C17H22F3N5O/c18-17(19,20)14-11-3-1-2-4-12(11)23-16(24-14)25-8-7-21-13(9-25)15(26)22-10-5-6-10/h10,13,21H,1-9H2,(H,22,26)/t13-/m1/s1. The molecule has 0 radical (unpaired) electrons. The van der Waals surface area contributed by atoms with E-state index in [4.69, 9.17) is 0 Å². The highest BCUT2D eigenvalue weighted by Crippen LogP contribution is 2.35. The molecule has 1 saturated carbocycles. The number of rotatable bonds is 3. The minimum Gasteiger partial charge on any atom is -0.352 e. The maximum absolute atomic E-state index is 13.5. The minimum atomic E-state index is -4.49. The molecule has 4 rings (SSSR count). The van der Waals surface area contributed by atoms with E-state index < -0.39 is 17.9 Å². The number of nitrogens with zero attached hydrogens (tertiary/aromatic N) is 3. The predicted molar refractivity (Wildman–Crippen MR) is 88.8 cm³/mol. The lowest BCUT2D eigenvalue weighted by Crippen LogP contribution is -2.58. The third-order valence-corrected chi connectivity index (χ3v) is 5.14. The molecule has 0 bridgehead atoms. The monoisotopic (exact) mass is 369 g/mol. The van der Waals surface area contributed by atoms with Crippen molar-refractivity contribution in [3.8, 4) is 0 Å². The predicted octanol–water partition coefficient (Wildman–Crippen LogP) is 1.43. The Labute approximate surface area is 149 Å². The molecule has 26 heavy (non-hydrogen) atoms. The number of carbonyl (C=O) groups is 1. The second-order valence-corrected chi connectivity index (χ2v) is 7.24. The zero-order chi connectivity index (χ0) is 18.3. The van der Waals surface area contributed by atoms with Gasteiger partial charge in [-0.3, -0.25) is 4.79 Å². The molecule has 1 aliphatic heterocycles. The molecule has 1 aromatic rings. The molecular formula is C17H22F3N5O. The van der Waals surface area contributed by atoms with E-state index in [2.05, 4.69) is 20.6 Å². The van der Waals surface area contributed by atoms with Crippen molar-refractivity contribution in [2.24, 2.45) is 0 Å². The quantitative estimate of drug-likeness (QED) is 0.844. The Kier molecular flexibility index (Phi) is 4.50. The molecule has 142 valence electrons. The van der Waals surface area contributed by atoms with Crippen LogP contribution in [0.3, 0.4) is 0 Å². The molecule has 0 unspecified atom stereocenters. The molecule has 0 aromatic carbocycles. The fourth-order valence-corrected chi connectivity index (χ4v) is 3.59. The molecule has 1 saturated heterocycles. The van der Waals surface area contributed by atoms with Gasteiger partial charge in [0.05, 0.1) is 0 Å². The van der Waals surface area contributed by atoms with Gasteiger partial charge in [0.1, 0.15) is 6.04 Å². The van der Waals surface area contributed by atoms with E-state index in [-0.39, 0.29) is 30.0 Å². The van der Waals surface area contributed by atoms with E-state index in [1.165, 1.54) is 0 Å². The van der Waals surface area contributed by atoms with Gasteiger partial charge in [0.25, 0.3) is 0 Å².